The summed E-state index contributed by atoms with van der Waals surface area (Å²) >= 11 is 0. The van der Waals surface area contributed by atoms with Gasteiger partial charge in [-0.3, -0.25) is 4.79 Å². The highest BCUT2D eigenvalue weighted by molar-refractivity contribution is 6.02. The van der Waals surface area contributed by atoms with Crippen molar-refractivity contribution >= 4 is 39.8 Å². The summed E-state index contributed by atoms with van der Waals surface area (Å²) in [7, 11) is 7.59. The summed E-state index contributed by atoms with van der Waals surface area (Å²) in [6.07, 6.45) is 5.55. The summed E-state index contributed by atoms with van der Waals surface area (Å²) in [5, 5.41) is 16.4. The van der Waals surface area contributed by atoms with Crippen LogP contribution >= 0.6 is 0 Å². The summed E-state index contributed by atoms with van der Waals surface area (Å²) in [4.78, 5) is 25.7. The lowest BCUT2D eigenvalue weighted by atomic mass is 10.1. The number of aromatic nitrogens is 3. The van der Waals surface area contributed by atoms with Crippen LogP contribution in [-0.4, -0.2) is 66.7 Å². The van der Waals surface area contributed by atoms with Gasteiger partial charge in [-0.2, -0.15) is 5.26 Å². The Hall–Kier alpha value is -5.14. The number of allylic oxidation sites excluding steroid dienone is 1. The third kappa shape index (κ3) is 6.95. The van der Waals surface area contributed by atoms with Gasteiger partial charge in [0, 0.05) is 67.2 Å². The van der Waals surface area contributed by atoms with Gasteiger partial charge in [0.25, 0.3) is 0 Å². The molecular weight excluding hydrogens is 528 g/mol. The van der Waals surface area contributed by atoms with E-state index in [1.165, 1.54) is 6.08 Å². The number of carbonyl (C=O) groups is 1. The van der Waals surface area contributed by atoms with Gasteiger partial charge < -0.3 is 29.7 Å². The van der Waals surface area contributed by atoms with Crippen LogP contribution in [-0.2, 0) is 11.3 Å². The molecule has 42 heavy (non-hydrogen) atoms. The zero-order valence-corrected chi connectivity index (χ0v) is 24.5. The summed E-state index contributed by atoms with van der Waals surface area (Å²) in [5.41, 5.74) is 5.26. The number of methoxy groups -OCH3 is 1. The normalized spacial score (nSPS) is 10.8. The van der Waals surface area contributed by atoms with Crippen molar-refractivity contribution in [2.75, 3.05) is 56.9 Å². The molecule has 2 aromatic heterocycles. The van der Waals surface area contributed by atoms with Gasteiger partial charge in [0.15, 0.2) is 0 Å². The van der Waals surface area contributed by atoms with E-state index in [9.17, 15) is 4.79 Å². The van der Waals surface area contributed by atoms with E-state index in [2.05, 4.69) is 61.3 Å². The molecule has 0 radical (unpaired) electrons. The van der Waals surface area contributed by atoms with E-state index < -0.39 is 0 Å². The van der Waals surface area contributed by atoms with Gasteiger partial charge in [0.05, 0.1) is 35.9 Å². The number of benzene rings is 2. The highest BCUT2D eigenvalue weighted by Crippen LogP contribution is 2.38. The fourth-order valence-electron chi connectivity index (χ4n) is 4.54. The second-order valence-corrected chi connectivity index (χ2v) is 10.1. The predicted molar refractivity (Wildman–Crippen MR) is 169 cm³/mol. The molecule has 4 aromatic rings. The van der Waals surface area contributed by atoms with Crippen LogP contribution in [0.3, 0.4) is 0 Å². The van der Waals surface area contributed by atoms with Crippen molar-refractivity contribution in [3.63, 3.8) is 0 Å². The molecule has 2 aromatic carbocycles. The quantitative estimate of drug-likeness (QED) is 0.163. The highest BCUT2D eigenvalue weighted by atomic mass is 16.5. The standard InChI is InChI=1S/C32H36N8O2/c1-7-31(41)35-26-18-27(30(42-6)19-29(26)39(5)17-16-38(3)4)37-32-34-14-12-25(36-32)24-21-40(15-13-22(2)20-33)28-11-9-8-10-23(24)28/h7-12,14,18-19,21H,1-2,13,15-17H2,3-6H3,(H,35,41)(H,34,36,37). The van der Waals surface area contributed by atoms with E-state index >= 15 is 0 Å². The molecule has 10 heteroatoms. The van der Waals surface area contributed by atoms with E-state index in [4.69, 9.17) is 15.0 Å². The number of fused-ring (bicyclic) bond motifs is 1. The number of hydrogen-bond donors (Lipinski definition) is 2. The maximum atomic E-state index is 12.3. The average Bonchev–Trinajstić information content (AvgIpc) is 3.37. The zero-order chi connectivity index (χ0) is 30.2. The smallest absolute Gasteiger partial charge is 0.247 e. The number of para-hydroxylation sites is 1. The largest absolute Gasteiger partial charge is 0.494 e. The molecule has 1 amide bonds. The first-order valence-electron chi connectivity index (χ1n) is 13.5. The van der Waals surface area contributed by atoms with Gasteiger partial charge in [-0.15, -0.1) is 0 Å². The first kappa shape index (κ1) is 29.8. The minimum Gasteiger partial charge on any atom is -0.494 e. The number of nitrogens with zero attached hydrogens (tertiary/aromatic N) is 6. The molecule has 0 bridgehead atoms. The van der Waals surface area contributed by atoms with E-state index in [-0.39, 0.29) is 5.91 Å². The van der Waals surface area contributed by atoms with Gasteiger partial charge in [-0.25, -0.2) is 9.97 Å². The molecule has 0 saturated heterocycles. The second-order valence-electron chi connectivity index (χ2n) is 10.1. The Bertz CT molecular complexity index is 1650. The van der Waals surface area contributed by atoms with Crippen molar-refractivity contribution in [3.05, 3.63) is 79.7 Å². The van der Waals surface area contributed by atoms with Crippen LogP contribution in [0.1, 0.15) is 6.42 Å². The lowest BCUT2D eigenvalue weighted by Gasteiger charge is -2.26. The van der Waals surface area contributed by atoms with Gasteiger partial charge >= 0.3 is 0 Å². The van der Waals surface area contributed by atoms with Crippen molar-refractivity contribution in [2.24, 2.45) is 0 Å². The first-order chi connectivity index (χ1) is 20.2. The van der Waals surface area contributed by atoms with Gasteiger partial charge in [0.1, 0.15) is 5.75 Å². The van der Waals surface area contributed by atoms with Crippen molar-refractivity contribution in [2.45, 2.75) is 13.0 Å². The molecule has 0 aliphatic heterocycles. The fraction of sp³-hybridized carbons (Fsp3) is 0.250. The monoisotopic (exact) mass is 564 g/mol. The third-order valence-corrected chi connectivity index (χ3v) is 6.83. The number of nitriles is 1. The summed E-state index contributed by atoms with van der Waals surface area (Å²) in [6.45, 7) is 9.60. The molecule has 4 rings (SSSR count). The highest BCUT2D eigenvalue weighted by Gasteiger charge is 2.17. The number of amides is 1. The van der Waals surface area contributed by atoms with Crippen LogP contribution in [0.4, 0.5) is 23.0 Å². The topological polar surface area (TPSA) is 111 Å². The van der Waals surface area contributed by atoms with Crippen molar-refractivity contribution in [3.8, 4) is 23.1 Å². The lowest BCUT2D eigenvalue weighted by molar-refractivity contribution is -0.111. The van der Waals surface area contributed by atoms with Crippen molar-refractivity contribution in [1.29, 1.82) is 5.26 Å². The molecule has 0 fully saturated rings. The van der Waals surface area contributed by atoms with Crippen LogP contribution in [0, 0.1) is 11.3 Å². The maximum absolute atomic E-state index is 12.3. The van der Waals surface area contributed by atoms with Crippen LogP contribution < -0.4 is 20.3 Å². The molecule has 10 nitrogen and oxygen atoms in total. The van der Waals surface area contributed by atoms with Crippen molar-refractivity contribution < 1.29 is 9.53 Å². The molecule has 0 aliphatic carbocycles. The second kappa shape index (κ2) is 13.5. The molecule has 0 atom stereocenters. The Morgan fingerprint density at radius 2 is 1.95 bits per heavy atom. The van der Waals surface area contributed by atoms with Crippen LogP contribution in [0.15, 0.2) is 79.7 Å². The summed E-state index contributed by atoms with van der Waals surface area (Å²) < 4.78 is 7.85. The van der Waals surface area contributed by atoms with E-state index in [1.54, 1.807) is 13.3 Å². The number of nitrogens with one attached hydrogen (secondary N) is 2. The van der Waals surface area contributed by atoms with Crippen molar-refractivity contribution in [1.82, 2.24) is 19.4 Å². The maximum Gasteiger partial charge on any atom is 0.247 e. The Labute approximate surface area is 246 Å². The SMILES string of the molecule is C=CC(=O)Nc1cc(Nc2nccc(-c3cn(CCC(=C)C#N)c4ccccc34)n2)c(OC)cc1N(C)CCN(C)C. The molecule has 2 heterocycles. The molecular formula is C32H36N8O2. The number of hydrogen-bond acceptors (Lipinski definition) is 8. The van der Waals surface area contributed by atoms with E-state index in [0.717, 1.165) is 40.9 Å². The minimum atomic E-state index is -0.318. The number of rotatable bonds is 13. The number of carbonyl (C=O) groups excluding carboxylic acids is 1. The zero-order valence-electron chi connectivity index (χ0n) is 24.5. The summed E-state index contributed by atoms with van der Waals surface area (Å²) in [6, 6.07) is 15.8. The average molecular weight is 565 g/mol. The Balaban J connectivity index is 1.70. The summed E-state index contributed by atoms with van der Waals surface area (Å²) in [5.74, 6) is 0.623. The molecule has 0 spiro atoms. The Morgan fingerprint density at radius 3 is 2.67 bits per heavy atom. The Kier molecular flexibility index (Phi) is 9.57. The predicted octanol–water partition coefficient (Wildman–Crippen LogP) is 5.44. The van der Waals surface area contributed by atoms with Crippen LogP contribution in [0.5, 0.6) is 5.75 Å². The van der Waals surface area contributed by atoms with E-state index in [0.29, 0.717) is 41.6 Å². The lowest BCUT2D eigenvalue weighted by Crippen LogP contribution is -2.29. The third-order valence-electron chi connectivity index (χ3n) is 6.83. The molecule has 0 unspecified atom stereocenters. The van der Waals surface area contributed by atoms with Gasteiger partial charge in [0.2, 0.25) is 11.9 Å². The van der Waals surface area contributed by atoms with E-state index in [1.807, 2.05) is 57.7 Å². The molecule has 0 saturated carbocycles. The molecule has 0 aliphatic rings. The number of anilines is 4. The molecule has 2 N–H and O–H groups in total. The minimum absolute atomic E-state index is 0.318. The Morgan fingerprint density at radius 1 is 1.17 bits per heavy atom. The number of likely N-dealkylation sites (N-methyl/N-ethyl adjacent to an activating group) is 2. The first-order valence-corrected chi connectivity index (χ1v) is 13.5. The van der Waals surface area contributed by atoms with Gasteiger partial charge in [-0.1, -0.05) is 31.4 Å². The number of ether oxygens (including phenoxy) is 1. The van der Waals surface area contributed by atoms with Gasteiger partial charge in [-0.05, 0) is 44.8 Å². The fourth-order valence-corrected chi connectivity index (χ4v) is 4.54. The van der Waals surface area contributed by atoms with Crippen LogP contribution in [0.25, 0.3) is 22.2 Å². The number of aryl methyl sites for hydroxylation is 1. The molecule has 216 valence electrons. The van der Waals surface area contributed by atoms with Crippen LogP contribution in [0.2, 0.25) is 0 Å².